The van der Waals surface area contributed by atoms with Crippen LogP contribution in [0.4, 0.5) is 0 Å². The SMILES string of the molecule is CCCC(N)C(=O)NCc1ccnc(OC2CCCC2)c1. The van der Waals surface area contributed by atoms with Crippen LogP contribution in [0.5, 0.6) is 5.88 Å². The fourth-order valence-electron chi connectivity index (χ4n) is 2.56. The quantitative estimate of drug-likeness (QED) is 0.807. The van der Waals surface area contributed by atoms with Crippen LogP contribution >= 0.6 is 0 Å². The number of carbonyl (C=O) groups is 1. The molecule has 116 valence electrons. The molecule has 21 heavy (non-hydrogen) atoms. The number of nitrogens with zero attached hydrogens (tertiary/aromatic N) is 1. The second-order valence-corrected chi connectivity index (χ2v) is 5.64. The third kappa shape index (κ3) is 5.01. The number of ether oxygens (including phenoxy) is 1. The number of pyridine rings is 1. The van der Waals surface area contributed by atoms with Crippen LogP contribution in [0.15, 0.2) is 18.3 Å². The summed E-state index contributed by atoms with van der Waals surface area (Å²) in [5.41, 5.74) is 6.76. The van der Waals surface area contributed by atoms with Crippen LogP contribution in [0.25, 0.3) is 0 Å². The van der Waals surface area contributed by atoms with Crippen LogP contribution in [-0.4, -0.2) is 23.0 Å². The van der Waals surface area contributed by atoms with Crippen molar-refractivity contribution in [1.82, 2.24) is 10.3 Å². The third-order valence-electron chi connectivity index (χ3n) is 3.79. The monoisotopic (exact) mass is 291 g/mol. The van der Waals surface area contributed by atoms with Crippen LogP contribution in [-0.2, 0) is 11.3 Å². The number of hydrogen-bond donors (Lipinski definition) is 2. The van der Waals surface area contributed by atoms with E-state index >= 15 is 0 Å². The van der Waals surface area contributed by atoms with E-state index in [2.05, 4.69) is 10.3 Å². The summed E-state index contributed by atoms with van der Waals surface area (Å²) in [6.07, 6.45) is 8.30. The molecule has 1 saturated carbocycles. The summed E-state index contributed by atoms with van der Waals surface area (Å²) >= 11 is 0. The van der Waals surface area contributed by atoms with Crippen molar-refractivity contribution in [2.75, 3.05) is 0 Å². The first-order valence-corrected chi connectivity index (χ1v) is 7.84. The van der Waals surface area contributed by atoms with E-state index in [4.69, 9.17) is 10.5 Å². The molecule has 3 N–H and O–H groups in total. The molecule has 0 saturated heterocycles. The van der Waals surface area contributed by atoms with Crippen molar-refractivity contribution in [2.45, 2.75) is 64.1 Å². The fourth-order valence-corrected chi connectivity index (χ4v) is 2.56. The number of hydrogen-bond acceptors (Lipinski definition) is 4. The van der Waals surface area contributed by atoms with Gasteiger partial charge in [0.05, 0.1) is 6.04 Å². The predicted octanol–water partition coefficient (Wildman–Crippen LogP) is 2.15. The van der Waals surface area contributed by atoms with Gasteiger partial charge in [0.1, 0.15) is 6.10 Å². The van der Waals surface area contributed by atoms with E-state index < -0.39 is 6.04 Å². The summed E-state index contributed by atoms with van der Waals surface area (Å²) in [6.45, 7) is 2.47. The Morgan fingerprint density at radius 2 is 2.29 bits per heavy atom. The summed E-state index contributed by atoms with van der Waals surface area (Å²) in [5.74, 6) is 0.540. The van der Waals surface area contributed by atoms with E-state index in [0.29, 0.717) is 24.9 Å². The maximum atomic E-state index is 11.8. The lowest BCUT2D eigenvalue weighted by atomic mass is 10.1. The lowest BCUT2D eigenvalue weighted by Crippen LogP contribution is -2.40. The van der Waals surface area contributed by atoms with Gasteiger partial charge in [-0.25, -0.2) is 4.98 Å². The van der Waals surface area contributed by atoms with Gasteiger partial charge in [-0.15, -0.1) is 0 Å². The average Bonchev–Trinajstić information content (AvgIpc) is 2.98. The van der Waals surface area contributed by atoms with Crippen molar-refractivity contribution in [3.8, 4) is 5.88 Å². The molecule has 1 aliphatic carbocycles. The molecule has 0 aromatic carbocycles. The zero-order valence-electron chi connectivity index (χ0n) is 12.7. The molecule has 1 aromatic rings. The van der Waals surface area contributed by atoms with E-state index in [1.165, 1.54) is 12.8 Å². The van der Waals surface area contributed by atoms with Crippen LogP contribution in [0, 0.1) is 0 Å². The normalized spacial score (nSPS) is 16.7. The Hall–Kier alpha value is -1.62. The molecule has 1 aliphatic rings. The lowest BCUT2D eigenvalue weighted by Gasteiger charge is -2.14. The predicted molar refractivity (Wildman–Crippen MR) is 81.9 cm³/mol. The Labute approximate surface area is 126 Å². The number of rotatable bonds is 7. The number of amides is 1. The Morgan fingerprint density at radius 1 is 1.52 bits per heavy atom. The fraction of sp³-hybridized carbons (Fsp3) is 0.625. The van der Waals surface area contributed by atoms with E-state index in [0.717, 1.165) is 24.8 Å². The first kappa shape index (κ1) is 15.8. The molecule has 1 amide bonds. The molecule has 0 bridgehead atoms. The second kappa shape index (κ2) is 7.98. The highest BCUT2D eigenvalue weighted by Crippen LogP contribution is 2.23. The molecule has 1 aromatic heterocycles. The Morgan fingerprint density at radius 3 is 3.00 bits per heavy atom. The topological polar surface area (TPSA) is 77.2 Å². The van der Waals surface area contributed by atoms with Gasteiger partial charge in [0, 0.05) is 18.8 Å². The van der Waals surface area contributed by atoms with E-state index in [-0.39, 0.29) is 5.91 Å². The summed E-state index contributed by atoms with van der Waals surface area (Å²) in [7, 11) is 0. The Bertz CT molecular complexity index is 459. The number of aromatic nitrogens is 1. The average molecular weight is 291 g/mol. The Kier molecular flexibility index (Phi) is 5.99. The first-order chi connectivity index (χ1) is 10.2. The van der Waals surface area contributed by atoms with Crippen LogP contribution in [0.1, 0.15) is 51.0 Å². The first-order valence-electron chi connectivity index (χ1n) is 7.84. The third-order valence-corrected chi connectivity index (χ3v) is 3.79. The van der Waals surface area contributed by atoms with E-state index in [1.807, 2.05) is 19.1 Å². The van der Waals surface area contributed by atoms with Gasteiger partial charge >= 0.3 is 0 Å². The molecule has 5 nitrogen and oxygen atoms in total. The van der Waals surface area contributed by atoms with Gasteiger partial charge in [0.25, 0.3) is 0 Å². The molecule has 0 spiro atoms. The number of nitrogens with two attached hydrogens (primary N) is 1. The van der Waals surface area contributed by atoms with Crippen LogP contribution in [0.2, 0.25) is 0 Å². The largest absolute Gasteiger partial charge is 0.474 e. The molecule has 0 aliphatic heterocycles. The smallest absolute Gasteiger partial charge is 0.237 e. The second-order valence-electron chi connectivity index (χ2n) is 5.64. The number of carbonyl (C=O) groups excluding carboxylic acids is 1. The minimum absolute atomic E-state index is 0.105. The highest BCUT2D eigenvalue weighted by Gasteiger charge is 2.17. The van der Waals surface area contributed by atoms with Crippen LogP contribution in [0.3, 0.4) is 0 Å². The highest BCUT2D eigenvalue weighted by atomic mass is 16.5. The van der Waals surface area contributed by atoms with Crippen molar-refractivity contribution in [2.24, 2.45) is 5.73 Å². The van der Waals surface area contributed by atoms with E-state index in [9.17, 15) is 4.79 Å². The Balaban J connectivity index is 1.84. The number of nitrogens with one attached hydrogen (secondary N) is 1. The molecule has 1 fully saturated rings. The molecule has 1 atom stereocenters. The van der Waals surface area contributed by atoms with Gasteiger partial charge in [0.2, 0.25) is 11.8 Å². The van der Waals surface area contributed by atoms with Crippen molar-refractivity contribution in [1.29, 1.82) is 0 Å². The van der Waals surface area contributed by atoms with Gasteiger partial charge in [-0.05, 0) is 43.7 Å². The molecule has 1 unspecified atom stereocenters. The summed E-state index contributed by atoms with van der Waals surface area (Å²) < 4.78 is 5.86. The zero-order chi connectivity index (χ0) is 15.1. The molecule has 2 rings (SSSR count). The van der Waals surface area contributed by atoms with Crippen molar-refractivity contribution < 1.29 is 9.53 Å². The summed E-state index contributed by atoms with van der Waals surface area (Å²) in [4.78, 5) is 16.0. The maximum Gasteiger partial charge on any atom is 0.237 e. The molecule has 0 radical (unpaired) electrons. The van der Waals surface area contributed by atoms with Gasteiger partial charge in [-0.2, -0.15) is 0 Å². The van der Waals surface area contributed by atoms with Crippen LogP contribution < -0.4 is 15.8 Å². The summed E-state index contributed by atoms with van der Waals surface area (Å²) in [5, 5.41) is 2.86. The van der Waals surface area contributed by atoms with Gasteiger partial charge in [0.15, 0.2) is 0 Å². The van der Waals surface area contributed by atoms with Gasteiger partial charge < -0.3 is 15.8 Å². The summed E-state index contributed by atoms with van der Waals surface area (Å²) in [6, 6.07) is 3.35. The van der Waals surface area contributed by atoms with Gasteiger partial charge in [-0.1, -0.05) is 13.3 Å². The molecular formula is C16H25N3O2. The molecule has 5 heteroatoms. The highest BCUT2D eigenvalue weighted by molar-refractivity contribution is 5.81. The van der Waals surface area contributed by atoms with E-state index in [1.54, 1.807) is 6.20 Å². The lowest BCUT2D eigenvalue weighted by molar-refractivity contribution is -0.122. The zero-order valence-corrected chi connectivity index (χ0v) is 12.7. The molecule has 1 heterocycles. The minimum atomic E-state index is -0.425. The standard InChI is InChI=1S/C16H25N3O2/c1-2-5-14(17)16(20)19-11-12-8-9-18-15(10-12)21-13-6-3-4-7-13/h8-10,13-14H,2-7,11,17H2,1H3,(H,19,20). The van der Waals surface area contributed by atoms with Gasteiger partial charge in [-0.3, -0.25) is 4.79 Å². The van der Waals surface area contributed by atoms with Crippen molar-refractivity contribution in [3.05, 3.63) is 23.9 Å². The maximum absolute atomic E-state index is 11.8. The van der Waals surface area contributed by atoms with Crippen molar-refractivity contribution >= 4 is 5.91 Å². The molecular weight excluding hydrogens is 266 g/mol. The minimum Gasteiger partial charge on any atom is -0.474 e. The van der Waals surface area contributed by atoms with Crippen molar-refractivity contribution in [3.63, 3.8) is 0 Å².